The van der Waals surface area contributed by atoms with Crippen LogP contribution in [0, 0.1) is 19.8 Å². The third-order valence-corrected chi connectivity index (χ3v) is 6.29. The number of hydrogen-bond acceptors (Lipinski definition) is 6. The molecular weight excluding hydrogens is 444 g/mol. The second-order valence-electron chi connectivity index (χ2n) is 8.80. The molecule has 1 saturated carbocycles. The molecule has 3 N–H and O–H groups in total. The van der Waals surface area contributed by atoms with Crippen LogP contribution in [0.3, 0.4) is 0 Å². The van der Waals surface area contributed by atoms with Crippen LogP contribution < -0.4 is 10.4 Å². The molecule has 0 spiro atoms. The van der Waals surface area contributed by atoms with E-state index < -0.39 is 5.97 Å². The van der Waals surface area contributed by atoms with Crippen molar-refractivity contribution in [2.75, 3.05) is 10.4 Å². The van der Waals surface area contributed by atoms with Crippen molar-refractivity contribution in [3.05, 3.63) is 77.4 Å². The third-order valence-electron chi connectivity index (χ3n) is 6.29. The summed E-state index contributed by atoms with van der Waals surface area (Å²) in [6.45, 7) is 4.00. The summed E-state index contributed by atoms with van der Waals surface area (Å²) in [4.78, 5) is 24.6. The highest BCUT2D eigenvalue weighted by Crippen LogP contribution is 2.37. The number of carboxylic acids is 1. The topological polar surface area (TPSA) is 115 Å². The van der Waals surface area contributed by atoms with Crippen molar-refractivity contribution in [1.82, 2.24) is 0 Å². The maximum absolute atomic E-state index is 13.3. The van der Waals surface area contributed by atoms with Gasteiger partial charge < -0.3 is 10.2 Å². The molecule has 0 unspecified atom stereocenters. The van der Waals surface area contributed by atoms with Crippen LogP contribution in [-0.2, 0) is 4.79 Å². The van der Waals surface area contributed by atoms with Crippen LogP contribution in [0.1, 0.15) is 34.3 Å². The van der Waals surface area contributed by atoms with Gasteiger partial charge in [-0.3, -0.25) is 10.2 Å². The Morgan fingerprint density at radius 1 is 1.06 bits per heavy atom. The van der Waals surface area contributed by atoms with Gasteiger partial charge in [-0.15, -0.1) is 0 Å². The van der Waals surface area contributed by atoms with Crippen LogP contribution in [0.15, 0.2) is 70.9 Å². The monoisotopic (exact) mass is 468 g/mol. The van der Waals surface area contributed by atoms with Gasteiger partial charge in [0.1, 0.15) is 5.75 Å². The number of nitrogens with zero attached hydrogens (tertiary/aromatic N) is 3. The van der Waals surface area contributed by atoms with Crippen molar-refractivity contribution in [2.45, 2.75) is 26.7 Å². The lowest BCUT2D eigenvalue weighted by molar-refractivity contribution is -0.112. The molecule has 1 aliphatic heterocycles. The average molecular weight is 469 g/mol. The second kappa shape index (κ2) is 8.72. The van der Waals surface area contributed by atoms with E-state index in [-0.39, 0.29) is 28.8 Å². The van der Waals surface area contributed by atoms with Crippen LogP contribution in [-0.4, -0.2) is 33.5 Å². The third kappa shape index (κ3) is 4.26. The first-order chi connectivity index (χ1) is 16.8. The first-order valence-corrected chi connectivity index (χ1v) is 11.3. The highest BCUT2D eigenvalue weighted by Gasteiger charge is 2.41. The zero-order valence-electron chi connectivity index (χ0n) is 19.3. The number of nitrogens with one attached hydrogen (secondary N) is 1. The fourth-order valence-corrected chi connectivity index (χ4v) is 3.98. The number of benzene rings is 3. The van der Waals surface area contributed by atoms with Crippen molar-refractivity contribution >= 4 is 34.7 Å². The number of phenols is 1. The van der Waals surface area contributed by atoms with E-state index in [1.54, 1.807) is 30.3 Å². The molecule has 3 aromatic carbocycles. The molecule has 35 heavy (non-hydrogen) atoms. The first kappa shape index (κ1) is 22.3. The van der Waals surface area contributed by atoms with E-state index in [4.69, 9.17) is 0 Å². The van der Waals surface area contributed by atoms with E-state index >= 15 is 0 Å². The maximum Gasteiger partial charge on any atom is 0.335 e. The largest absolute Gasteiger partial charge is 0.505 e. The van der Waals surface area contributed by atoms with Crippen molar-refractivity contribution < 1.29 is 19.8 Å². The molecule has 0 bridgehead atoms. The predicted molar refractivity (Wildman–Crippen MR) is 135 cm³/mol. The zero-order chi connectivity index (χ0) is 24.7. The summed E-state index contributed by atoms with van der Waals surface area (Å²) in [6, 6.07) is 17.1. The number of aromatic hydroxyl groups is 1. The minimum Gasteiger partial charge on any atom is -0.505 e. The number of rotatable bonds is 6. The summed E-state index contributed by atoms with van der Waals surface area (Å²) >= 11 is 0. The van der Waals surface area contributed by atoms with Crippen molar-refractivity contribution in [3.63, 3.8) is 0 Å². The number of carbonyl (C=O) groups is 2. The Labute approximate surface area is 202 Å². The molecule has 1 aliphatic carbocycles. The molecule has 176 valence electrons. The van der Waals surface area contributed by atoms with Gasteiger partial charge in [0, 0.05) is 11.5 Å². The molecule has 8 nitrogen and oxygen atoms in total. The Kier molecular flexibility index (Phi) is 5.56. The van der Waals surface area contributed by atoms with E-state index in [1.165, 1.54) is 17.1 Å². The van der Waals surface area contributed by atoms with E-state index in [2.05, 4.69) is 15.6 Å². The quantitative estimate of drug-likeness (QED) is 0.350. The zero-order valence-corrected chi connectivity index (χ0v) is 19.3. The van der Waals surface area contributed by atoms with Crippen molar-refractivity contribution in [2.24, 2.45) is 16.1 Å². The molecule has 0 radical (unpaired) electrons. The number of phenolic OH excluding ortho intramolecular Hbond substituents is 1. The molecule has 1 amide bonds. The van der Waals surface area contributed by atoms with Gasteiger partial charge in [-0.05, 0) is 73.7 Å². The van der Waals surface area contributed by atoms with Gasteiger partial charge in [-0.1, -0.05) is 30.3 Å². The van der Waals surface area contributed by atoms with E-state index in [9.17, 15) is 19.8 Å². The summed E-state index contributed by atoms with van der Waals surface area (Å²) in [5, 5.41) is 30.5. The first-order valence-electron chi connectivity index (χ1n) is 11.3. The molecule has 0 aromatic heterocycles. The van der Waals surface area contributed by atoms with E-state index in [0.717, 1.165) is 24.0 Å². The summed E-state index contributed by atoms with van der Waals surface area (Å²) in [6.07, 6.45) is 1.90. The number of hydrogen-bond donors (Lipinski definition) is 3. The van der Waals surface area contributed by atoms with Crippen LogP contribution in [0.2, 0.25) is 0 Å². The summed E-state index contributed by atoms with van der Waals surface area (Å²) < 4.78 is 0. The molecule has 5 rings (SSSR count). The predicted octanol–water partition coefficient (Wildman–Crippen LogP) is 4.95. The Morgan fingerprint density at radius 3 is 2.54 bits per heavy atom. The van der Waals surface area contributed by atoms with Crippen LogP contribution in [0.5, 0.6) is 5.75 Å². The van der Waals surface area contributed by atoms with Crippen molar-refractivity contribution in [1.29, 1.82) is 0 Å². The van der Waals surface area contributed by atoms with Gasteiger partial charge in [0.15, 0.2) is 5.71 Å². The number of carbonyl (C=O) groups excluding carboxylic acids is 1. The molecule has 0 saturated heterocycles. The molecule has 1 fully saturated rings. The molecule has 1 heterocycles. The van der Waals surface area contributed by atoms with E-state index in [0.29, 0.717) is 28.2 Å². The molecule has 3 aromatic rings. The smallest absolute Gasteiger partial charge is 0.335 e. The minimum absolute atomic E-state index is 0.0965. The van der Waals surface area contributed by atoms with Gasteiger partial charge in [0.25, 0.3) is 0 Å². The fourth-order valence-electron chi connectivity index (χ4n) is 3.98. The van der Waals surface area contributed by atoms with Crippen LogP contribution in [0.4, 0.5) is 11.4 Å². The Morgan fingerprint density at radius 2 is 1.83 bits per heavy atom. The SMILES string of the molecule is Cc1ccc(N2N=C(C3CC3)/C(=N/Nc3cccc(-c4cccc(C(=O)O)c4)c3O)C2=O)cc1C. The second-order valence-corrected chi connectivity index (χ2v) is 8.80. The molecule has 0 atom stereocenters. The molecule has 2 aliphatic rings. The van der Waals surface area contributed by atoms with Crippen LogP contribution >= 0.6 is 0 Å². The fraction of sp³-hybridized carbons (Fsp3) is 0.185. The summed E-state index contributed by atoms with van der Waals surface area (Å²) in [7, 11) is 0. The highest BCUT2D eigenvalue weighted by atomic mass is 16.4. The maximum atomic E-state index is 13.3. The number of hydrazone groups is 2. The Balaban J connectivity index is 1.45. The Hall–Kier alpha value is -4.46. The number of anilines is 2. The lowest BCUT2D eigenvalue weighted by Gasteiger charge is -2.13. The van der Waals surface area contributed by atoms with Crippen LogP contribution in [0.25, 0.3) is 11.1 Å². The minimum atomic E-state index is -1.05. The number of carboxylic acid groups (broad SMARTS) is 1. The molecule has 8 heteroatoms. The lowest BCUT2D eigenvalue weighted by Crippen LogP contribution is -2.29. The Bertz CT molecular complexity index is 1420. The number of amides is 1. The van der Waals surface area contributed by atoms with E-state index in [1.807, 2.05) is 32.0 Å². The van der Waals surface area contributed by atoms with Crippen molar-refractivity contribution in [3.8, 4) is 16.9 Å². The van der Waals surface area contributed by atoms with Gasteiger partial charge in [0.2, 0.25) is 0 Å². The number of para-hydroxylation sites is 1. The van der Waals surface area contributed by atoms with Gasteiger partial charge in [0.05, 0.1) is 22.6 Å². The van der Waals surface area contributed by atoms with Gasteiger partial charge in [-0.2, -0.15) is 15.2 Å². The standard InChI is InChI=1S/C27H24N4O4/c1-15-9-12-20(13-16(15)2)31-26(33)24(23(30-31)17-10-11-17)29-28-22-8-4-7-21(25(22)32)18-5-3-6-19(14-18)27(34)35/h3-9,12-14,17,28,32H,10-11H2,1-2H3,(H,34,35)/b29-24-. The lowest BCUT2D eigenvalue weighted by atomic mass is 10.0. The normalized spacial score (nSPS) is 16.5. The average Bonchev–Trinajstić information content (AvgIpc) is 3.64. The number of aromatic carboxylic acids is 1. The summed E-state index contributed by atoms with van der Waals surface area (Å²) in [5.74, 6) is -1.28. The van der Waals surface area contributed by atoms with Gasteiger partial charge in [-0.25, -0.2) is 4.79 Å². The number of aryl methyl sites for hydroxylation is 2. The van der Waals surface area contributed by atoms with Gasteiger partial charge >= 0.3 is 11.9 Å². The highest BCUT2D eigenvalue weighted by molar-refractivity contribution is 6.72. The summed E-state index contributed by atoms with van der Waals surface area (Å²) in [5.41, 5.74) is 8.00. The molecular formula is C27H24N4O4.